The Bertz CT molecular complexity index is 8.00. The van der Waals surface area contributed by atoms with Gasteiger partial charge in [-0.1, -0.05) is 0 Å². The minimum Gasteiger partial charge on any atom is -2.00 e. The fourth-order valence-electron chi connectivity index (χ4n) is 0. The van der Waals surface area contributed by atoms with Gasteiger partial charge in [0.05, 0.1) is 0 Å². The molecular formula is BiCoFeO+5. The summed E-state index contributed by atoms with van der Waals surface area (Å²) in [6.07, 6.45) is 0. The van der Waals surface area contributed by atoms with Gasteiger partial charge in [0.25, 0.3) is 0 Å². The van der Waals surface area contributed by atoms with Crippen LogP contribution in [-0.2, 0) is 39.3 Å². The topological polar surface area (TPSA) is 28.5 Å². The van der Waals surface area contributed by atoms with E-state index in [1.165, 1.54) is 0 Å². The van der Waals surface area contributed by atoms with Crippen LogP contribution in [0.2, 0.25) is 0 Å². The molecule has 0 aromatic heterocycles. The van der Waals surface area contributed by atoms with Crippen LogP contribution >= 0.6 is 0 Å². The largest absolute Gasteiger partial charge is 3.00 e. The maximum atomic E-state index is 0. The van der Waals surface area contributed by atoms with Crippen LogP contribution in [0.1, 0.15) is 0 Å². The normalized spacial score (nSPS) is 0. The molecule has 0 fully saturated rings. The minimum absolute atomic E-state index is 0. The van der Waals surface area contributed by atoms with Crippen molar-refractivity contribution in [3.05, 3.63) is 0 Å². The molecule has 4 heavy (non-hydrogen) atoms. The van der Waals surface area contributed by atoms with Gasteiger partial charge in [0.15, 0.2) is 0 Å². The van der Waals surface area contributed by atoms with Crippen molar-refractivity contribution in [1.82, 2.24) is 0 Å². The Hall–Kier alpha value is 1.87. The second-order valence-corrected chi connectivity index (χ2v) is 0. The van der Waals surface area contributed by atoms with Crippen molar-refractivity contribution in [3.63, 3.8) is 0 Å². The molecule has 23 valence electrons. The molecule has 0 rings (SSSR count). The smallest absolute Gasteiger partial charge is 2.00 e. The third-order valence-electron chi connectivity index (χ3n) is 0. The van der Waals surface area contributed by atoms with E-state index in [4.69, 9.17) is 0 Å². The van der Waals surface area contributed by atoms with Gasteiger partial charge in [-0.15, -0.1) is 0 Å². The molecule has 0 amide bonds. The van der Waals surface area contributed by atoms with E-state index in [1.54, 1.807) is 0 Å². The van der Waals surface area contributed by atoms with Crippen LogP contribution in [0.25, 0.3) is 0 Å². The van der Waals surface area contributed by atoms with E-state index in [0.29, 0.717) is 0 Å². The molecule has 3 radical (unpaired) electrons. The predicted octanol–water partition coefficient (Wildman–Crippen LogP) is -0.505. The van der Waals surface area contributed by atoms with E-state index in [0.717, 1.165) is 0 Å². The predicted molar refractivity (Wildman–Crippen MR) is 6.44 cm³/mol. The third-order valence-corrected chi connectivity index (χ3v) is 0. The van der Waals surface area contributed by atoms with E-state index < -0.39 is 0 Å². The molecule has 4 heteroatoms. The van der Waals surface area contributed by atoms with Crippen LogP contribution in [0.4, 0.5) is 0 Å². The van der Waals surface area contributed by atoms with Crippen molar-refractivity contribution >= 4 is 26.2 Å². The molecule has 0 heterocycles. The van der Waals surface area contributed by atoms with Gasteiger partial charge in [0.2, 0.25) is 0 Å². The van der Waals surface area contributed by atoms with Crippen molar-refractivity contribution in [3.8, 4) is 0 Å². The summed E-state index contributed by atoms with van der Waals surface area (Å²) in [4.78, 5) is 0. The average molecular weight is 340 g/mol. The molecule has 0 aliphatic rings. The Morgan fingerprint density at radius 3 is 1.00 bits per heavy atom. The zero-order valence-corrected chi connectivity index (χ0v) is 7.16. The molecule has 0 saturated carbocycles. The maximum Gasteiger partial charge on any atom is 3.00 e. The molecule has 0 N–H and O–H groups in total. The number of rotatable bonds is 0. The Morgan fingerprint density at radius 2 is 1.00 bits per heavy atom. The Kier molecular flexibility index (Phi) is 208. The summed E-state index contributed by atoms with van der Waals surface area (Å²) >= 11 is 0. The van der Waals surface area contributed by atoms with Crippen LogP contribution < -0.4 is 0 Å². The molecule has 0 aromatic carbocycles. The second-order valence-electron chi connectivity index (χ2n) is 0. The maximum absolute atomic E-state index is 0. The van der Waals surface area contributed by atoms with Crippen LogP contribution in [0, 0.1) is 0 Å². The molecule has 0 aliphatic heterocycles. The molecule has 1 nitrogen and oxygen atoms in total. The first-order valence-electron chi connectivity index (χ1n) is 0. The molecule has 0 saturated heterocycles. The molecule has 0 aromatic rings. The minimum atomic E-state index is 0. The summed E-state index contributed by atoms with van der Waals surface area (Å²) in [5.41, 5.74) is 0. The van der Waals surface area contributed by atoms with Gasteiger partial charge in [0.1, 0.15) is 0 Å². The summed E-state index contributed by atoms with van der Waals surface area (Å²) in [7, 11) is 0. The zero-order chi connectivity index (χ0) is 0. The van der Waals surface area contributed by atoms with Gasteiger partial charge in [-0.2, -0.15) is 0 Å². The third kappa shape index (κ3) is 9.12. The van der Waals surface area contributed by atoms with Crippen LogP contribution in [0.15, 0.2) is 0 Å². The molecule has 0 aliphatic carbocycles. The summed E-state index contributed by atoms with van der Waals surface area (Å²) < 4.78 is 0. The molecular weight excluding hydrogens is 340 g/mol. The standard InChI is InChI=1S/Bi.Co.Fe.O/q+3;2*+2;-2. The summed E-state index contributed by atoms with van der Waals surface area (Å²) in [5.74, 6) is 0. The Balaban J connectivity index is 0. The SMILES string of the molecule is [Bi+3].[Co+2].[Fe+2].[O-2]. The van der Waals surface area contributed by atoms with Crippen molar-refractivity contribution in [2.24, 2.45) is 0 Å². The average Bonchev–Trinajstić information content (AvgIpc) is 0. The summed E-state index contributed by atoms with van der Waals surface area (Å²) in [6, 6.07) is 0. The second kappa shape index (κ2) is 20.9. The quantitative estimate of drug-likeness (QED) is 0.532. The van der Waals surface area contributed by atoms with Crippen molar-refractivity contribution in [2.45, 2.75) is 0 Å². The molecule has 0 unspecified atom stereocenters. The monoisotopic (exact) mass is 340 g/mol. The fourth-order valence-corrected chi connectivity index (χ4v) is 0. The van der Waals surface area contributed by atoms with Crippen LogP contribution in [0.5, 0.6) is 0 Å². The Morgan fingerprint density at radius 1 is 1.00 bits per heavy atom. The van der Waals surface area contributed by atoms with E-state index in [9.17, 15) is 0 Å². The van der Waals surface area contributed by atoms with Gasteiger partial charge >= 0.3 is 60.1 Å². The van der Waals surface area contributed by atoms with Crippen molar-refractivity contribution < 1.29 is 39.3 Å². The molecule has 0 atom stereocenters. The van der Waals surface area contributed by atoms with E-state index in [-0.39, 0.29) is 65.5 Å². The van der Waals surface area contributed by atoms with E-state index in [2.05, 4.69) is 0 Å². The molecule has 0 spiro atoms. The van der Waals surface area contributed by atoms with E-state index >= 15 is 0 Å². The number of hydrogen-bond acceptors (Lipinski definition) is 0. The van der Waals surface area contributed by atoms with Crippen LogP contribution in [0.3, 0.4) is 0 Å². The zero-order valence-electron chi connectivity index (χ0n) is 1.54. The summed E-state index contributed by atoms with van der Waals surface area (Å²) in [5, 5.41) is 0. The van der Waals surface area contributed by atoms with Crippen molar-refractivity contribution in [2.75, 3.05) is 0 Å². The molecule has 0 bridgehead atoms. The van der Waals surface area contributed by atoms with E-state index in [1.807, 2.05) is 0 Å². The van der Waals surface area contributed by atoms with Crippen molar-refractivity contribution in [1.29, 1.82) is 0 Å². The summed E-state index contributed by atoms with van der Waals surface area (Å²) in [6.45, 7) is 0. The first kappa shape index (κ1) is 39.8. The van der Waals surface area contributed by atoms with Gasteiger partial charge in [-0.05, 0) is 0 Å². The van der Waals surface area contributed by atoms with Gasteiger partial charge < -0.3 is 5.48 Å². The van der Waals surface area contributed by atoms with Gasteiger partial charge in [-0.3, -0.25) is 0 Å². The van der Waals surface area contributed by atoms with Crippen LogP contribution in [-0.4, -0.2) is 26.2 Å². The number of hydrogen-bond donors (Lipinski definition) is 0. The Labute approximate surface area is 65.0 Å². The first-order chi connectivity index (χ1) is 0. The van der Waals surface area contributed by atoms with Gasteiger partial charge in [-0.25, -0.2) is 0 Å². The first-order valence-corrected chi connectivity index (χ1v) is 0. The van der Waals surface area contributed by atoms with Gasteiger partial charge in [0, 0.05) is 0 Å². The fraction of sp³-hybridized carbons (Fsp3) is 0.